The predicted molar refractivity (Wildman–Crippen MR) is 111 cm³/mol. The fourth-order valence-corrected chi connectivity index (χ4v) is 3.71. The molecule has 1 heterocycles. The average molecular weight is 386 g/mol. The molecule has 0 atom stereocenters. The summed E-state index contributed by atoms with van der Waals surface area (Å²) in [4.78, 5) is 28.6. The quantitative estimate of drug-likeness (QED) is 0.668. The van der Waals surface area contributed by atoms with E-state index in [1.807, 2.05) is 45.0 Å². The number of nitrogens with zero attached hydrogens (tertiary/aromatic N) is 1. The van der Waals surface area contributed by atoms with E-state index in [1.165, 1.54) is 17.3 Å². The smallest absolute Gasteiger partial charge is 0.251 e. The number of aryl methyl sites for hydroxylation is 2. The first-order valence-corrected chi connectivity index (χ1v) is 10.1. The van der Waals surface area contributed by atoms with Gasteiger partial charge in [-0.25, -0.2) is 4.98 Å². The van der Waals surface area contributed by atoms with Gasteiger partial charge >= 0.3 is 0 Å². The molecule has 0 spiro atoms. The number of anilines is 1. The van der Waals surface area contributed by atoms with Gasteiger partial charge in [0.2, 0.25) is 5.91 Å². The normalized spacial score (nSPS) is 10.7. The lowest BCUT2D eigenvalue weighted by Gasteiger charge is -2.13. The summed E-state index contributed by atoms with van der Waals surface area (Å²) in [6.07, 6.45) is 3.37. The molecule has 0 radical (unpaired) electrons. The fourth-order valence-electron chi connectivity index (χ4n) is 2.77. The van der Waals surface area contributed by atoms with Gasteiger partial charge in [0, 0.05) is 11.4 Å². The van der Waals surface area contributed by atoms with Crippen molar-refractivity contribution in [2.24, 2.45) is 5.73 Å². The molecule has 0 saturated carbocycles. The number of rotatable bonds is 8. The summed E-state index contributed by atoms with van der Waals surface area (Å²) >= 11 is 1.23. The zero-order valence-corrected chi connectivity index (χ0v) is 17.2. The van der Waals surface area contributed by atoms with Crippen LogP contribution < -0.4 is 11.1 Å². The highest BCUT2D eigenvalue weighted by molar-refractivity contribution is 8.00. The number of amides is 2. The Hall–Kier alpha value is -2.34. The van der Waals surface area contributed by atoms with Crippen molar-refractivity contribution in [3.8, 4) is 0 Å². The molecule has 2 aromatic rings. The Balaban J connectivity index is 2.02. The molecule has 0 aliphatic carbocycles. The van der Waals surface area contributed by atoms with E-state index in [9.17, 15) is 9.59 Å². The monoisotopic (exact) mass is 385 g/mol. The van der Waals surface area contributed by atoms with Crippen LogP contribution in [0.3, 0.4) is 0 Å². The van der Waals surface area contributed by atoms with Gasteiger partial charge in [-0.3, -0.25) is 9.59 Å². The molecule has 0 bridgehead atoms. The van der Waals surface area contributed by atoms with E-state index in [4.69, 9.17) is 5.73 Å². The second-order valence-electron chi connectivity index (χ2n) is 6.63. The van der Waals surface area contributed by atoms with Crippen molar-refractivity contribution in [1.82, 2.24) is 4.98 Å². The Bertz CT molecular complexity index is 832. The molecule has 2 rings (SSSR count). The standard InChI is InChI=1S/C21H27N3O2S/c1-5-6-7-16-8-10-17(11-9-16)24-18(25)12-27-21-19(20(22)26)14(3)13(2)15(4)23-21/h8-11H,5-7,12H2,1-4H3,(H2,22,26)(H,24,25). The molecule has 0 aliphatic rings. The molecule has 1 aromatic carbocycles. The maximum Gasteiger partial charge on any atom is 0.251 e. The number of primary amides is 1. The molecule has 6 heteroatoms. The Kier molecular flexibility index (Phi) is 7.42. The number of hydrogen-bond acceptors (Lipinski definition) is 4. The maximum atomic E-state index is 12.3. The number of hydrogen-bond donors (Lipinski definition) is 2. The van der Waals surface area contributed by atoms with Crippen molar-refractivity contribution in [3.63, 3.8) is 0 Å². The molecule has 144 valence electrons. The van der Waals surface area contributed by atoms with E-state index < -0.39 is 5.91 Å². The van der Waals surface area contributed by atoms with E-state index in [0.717, 1.165) is 41.8 Å². The van der Waals surface area contributed by atoms with Crippen LogP contribution in [0.4, 0.5) is 5.69 Å². The van der Waals surface area contributed by atoms with Gasteiger partial charge in [-0.15, -0.1) is 0 Å². The topological polar surface area (TPSA) is 85.1 Å². The molecule has 1 aromatic heterocycles. The number of unbranched alkanes of at least 4 members (excludes halogenated alkanes) is 1. The first kappa shape index (κ1) is 21.0. The molecule has 0 fully saturated rings. The Labute approximate surface area is 165 Å². The van der Waals surface area contributed by atoms with Gasteiger partial charge < -0.3 is 11.1 Å². The van der Waals surface area contributed by atoms with Crippen molar-refractivity contribution in [3.05, 3.63) is 52.2 Å². The molecule has 27 heavy (non-hydrogen) atoms. The third-order valence-corrected chi connectivity index (χ3v) is 5.58. The van der Waals surface area contributed by atoms with Crippen molar-refractivity contribution < 1.29 is 9.59 Å². The molecule has 0 saturated heterocycles. The largest absolute Gasteiger partial charge is 0.366 e. The van der Waals surface area contributed by atoms with Crippen molar-refractivity contribution in [2.75, 3.05) is 11.1 Å². The lowest BCUT2D eigenvalue weighted by Crippen LogP contribution is -2.18. The fraction of sp³-hybridized carbons (Fsp3) is 0.381. The van der Waals surface area contributed by atoms with Gasteiger partial charge in [0.15, 0.2) is 0 Å². The lowest BCUT2D eigenvalue weighted by atomic mass is 10.0. The zero-order valence-electron chi connectivity index (χ0n) is 16.4. The van der Waals surface area contributed by atoms with Gasteiger partial charge in [-0.05, 0) is 62.4 Å². The summed E-state index contributed by atoms with van der Waals surface area (Å²) in [5.74, 6) is -0.504. The summed E-state index contributed by atoms with van der Waals surface area (Å²) in [6, 6.07) is 7.91. The summed E-state index contributed by atoms with van der Waals surface area (Å²) in [7, 11) is 0. The van der Waals surface area contributed by atoms with Crippen molar-refractivity contribution in [2.45, 2.75) is 52.0 Å². The summed E-state index contributed by atoms with van der Waals surface area (Å²) in [5, 5.41) is 3.39. The van der Waals surface area contributed by atoms with Crippen LogP contribution in [-0.2, 0) is 11.2 Å². The van der Waals surface area contributed by atoms with E-state index in [2.05, 4.69) is 17.2 Å². The molecule has 5 nitrogen and oxygen atoms in total. The number of nitrogens with one attached hydrogen (secondary N) is 1. The van der Waals surface area contributed by atoms with Crippen LogP contribution in [0.15, 0.2) is 29.3 Å². The average Bonchev–Trinajstić information content (AvgIpc) is 2.63. The highest BCUT2D eigenvalue weighted by Gasteiger charge is 2.18. The minimum atomic E-state index is -0.520. The van der Waals surface area contributed by atoms with E-state index in [1.54, 1.807) is 0 Å². The van der Waals surface area contributed by atoms with E-state index >= 15 is 0 Å². The Morgan fingerprint density at radius 2 is 1.78 bits per heavy atom. The third kappa shape index (κ3) is 5.57. The van der Waals surface area contributed by atoms with Crippen LogP contribution in [0.2, 0.25) is 0 Å². The number of carbonyl (C=O) groups is 2. The predicted octanol–water partition coefficient (Wildman–Crippen LogP) is 4.18. The Morgan fingerprint density at radius 3 is 2.37 bits per heavy atom. The first-order chi connectivity index (χ1) is 12.8. The molecule has 3 N–H and O–H groups in total. The molecule has 2 amide bonds. The number of benzene rings is 1. The van der Waals surface area contributed by atoms with Gasteiger partial charge in [-0.2, -0.15) is 0 Å². The maximum absolute atomic E-state index is 12.3. The second-order valence-corrected chi connectivity index (χ2v) is 7.59. The van der Waals surface area contributed by atoms with Crippen molar-refractivity contribution >= 4 is 29.3 Å². The molecule has 0 aliphatic heterocycles. The van der Waals surface area contributed by atoms with Gasteiger partial charge in [0.25, 0.3) is 5.91 Å². The van der Waals surface area contributed by atoms with Gasteiger partial charge in [0.05, 0.1) is 11.3 Å². The Morgan fingerprint density at radius 1 is 1.11 bits per heavy atom. The number of nitrogens with two attached hydrogens (primary N) is 1. The van der Waals surface area contributed by atoms with Gasteiger partial charge in [0.1, 0.15) is 5.03 Å². The molecular weight excluding hydrogens is 358 g/mol. The van der Waals surface area contributed by atoms with Crippen LogP contribution in [-0.4, -0.2) is 22.6 Å². The number of aromatic nitrogens is 1. The summed E-state index contributed by atoms with van der Waals surface area (Å²) in [5.41, 5.74) is 10.6. The second kappa shape index (κ2) is 9.55. The number of thioether (sulfide) groups is 1. The minimum Gasteiger partial charge on any atom is -0.366 e. The zero-order chi connectivity index (χ0) is 20.0. The first-order valence-electron chi connectivity index (χ1n) is 9.12. The van der Waals surface area contributed by atoms with Crippen LogP contribution in [0.1, 0.15) is 52.5 Å². The molecule has 0 unspecified atom stereocenters. The number of pyridine rings is 1. The number of carbonyl (C=O) groups excluding carboxylic acids is 2. The molecular formula is C21H27N3O2S. The SMILES string of the molecule is CCCCc1ccc(NC(=O)CSc2nc(C)c(C)c(C)c2C(N)=O)cc1. The van der Waals surface area contributed by atoms with E-state index in [0.29, 0.717) is 10.6 Å². The summed E-state index contributed by atoms with van der Waals surface area (Å²) < 4.78 is 0. The van der Waals surface area contributed by atoms with Crippen LogP contribution in [0, 0.1) is 20.8 Å². The van der Waals surface area contributed by atoms with Crippen LogP contribution in [0.5, 0.6) is 0 Å². The highest BCUT2D eigenvalue weighted by Crippen LogP contribution is 2.27. The third-order valence-electron chi connectivity index (χ3n) is 4.61. The lowest BCUT2D eigenvalue weighted by molar-refractivity contribution is -0.113. The van der Waals surface area contributed by atoms with Crippen molar-refractivity contribution in [1.29, 1.82) is 0 Å². The van der Waals surface area contributed by atoms with E-state index in [-0.39, 0.29) is 11.7 Å². The van der Waals surface area contributed by atoms with Crippen LogP contribution >= 0.6 is 11.8 Å². The highest BCUT2D eigenvalue weighted by atomic mass is 32.2. The minimum absolute atomic E-state index is 0.144. The summed E-state index contributed by atoms with van der Waals surface area (Å²) in [6.45, 7) is 7.82. The van der Waals surface area contributed by atoms with Crippen LogP contribution in [0.25, 0.3) is 0 Å². The van der Waals surface area contributed by atoms with Gasteiger partial charge in [-0.1, -0.05) is 37.2 Å².